The molecule has 1 saturated heterocycles. The number of aliphatic hydroxyl groups is 1. The molecular formula is C23H19Cl2FN4O. The Labute approximate surface area is 188 Å². The van der Waals surface area contributed by atoms with Gasteiger partial charge < -0.3 is 10.0 Å². The molecule has 0 aliphatic carbocycles. The first kappa shape index (κ1) is 20.4. The molecule has 158 valence electrons. The maximum Gasteiger partial charge on any atom is 0.225 e. The van der Waals surface area contributed by atoms with Gasteiger partial charge in [-0.1, -0.05) is 41.9 Å². The number of piperidine rings is 1. The van der Waals surface area contributed by atoms with Crippen molar-refractivity contribution in [1.29, 1.82) is 0 Å². The van der Waals surface area contributed by atoms with Crippen LogP contribution in [0.5, 0.6) is 0 Å². The Hall–Kier alpha value is -2.54. The highest BCUT2D eigenvalue weighted by Crippen LogP contribution is 2.37. The highest BCUT2D eigenvalue weighted by Gasteiger charge is 2.31. The third-order valence-corrected chi connectivity index (χ3v) is 6.20. The molecule has 1 fully saturated rings. The largest absolute Gasteiger partial charge is 0.388 e. The number of anilines is 1. The van der Waals surface area contributed by atoms with Gasteiger partial charge in [0.15, 0.2) is 5.82 Å². The van der Waals surface area contributed by atoms with Gasteiger partial charge in [-0.05, 0) is 42.8 Å². The van der Waals surface area contributed by atoms with Crippen molar-refractivity contribution in [3.8, 4) is 11.3 Å². The first-order valence-corrected chi connectivity index (χ1v) is 10.8. The number of nitrogens with zero attached hydrogens (tertiary/aromatic N) is 4. The van der Waals surface area contributed by atoms with Crippen LogP contribution in [-0.4, -0.2) is 38.7 Å². The van der Waals surface area contributed by atoms with Crippen molar-refractivity contribution >= 4 is 50.7 Å². The Morgan fingerprint density at radius 3 is 2.68 bits per heavy atom. The summed E-state index contributed by atoms with van der Waals surface area (Å²) in [5.74, 6) is -0.108. The summed E-state index contributed by atoms with van der Waals surface area (Å²) in [7, 11) is 0. The van der Waals surface area contributed by atoms with Crippen molar-refractivity contribution in [3.63, 3.8) is 0 Å². The first-order chi connectivity index (χ1) is 14.8. The highest BCUT2D eigenvalue weighted by molar-refractivity contribution is 6.36. The Balaban J connectivity index is 1.72. The van der Waals surface area contributed by atoms with Gasteiger partial charge in [0.05, 0.1) is 11.0 Å². The van der Waals surface area contributed by atoms with Gasteiger partial charge in [-0.15, -0.1) is 0 Å². The zero-order chi connectivity index (χ0) is 21.8. The molecule has 8 heteroatoms. The molecule has 1 N–H and O–H groups in total. The molecule has 5 rings (SSSR count). The average molecular weight is 457 g/mol. The molecule has 5 nitrogen and oxygen atoms in total. The second-order valence-corrected chi connectivity index (χ2v) is 8.91. The lowest BCUT2D eigenvalue weighted by Gasteiger charge is -2.37. The van der Waals surface area contributed by atoms with Gasteiger partial charge in [-0.3, -0.25) is 4.98 Å². The summed E-state index contributed by atoms with van der Waals surface area (Å²) in [6.07, 6.45) is 3.05. The summed E-state index contributed by atoms with van der Waals surface area (Å²) in [5.41, 5.74) is -0.0281. The number of hydrogen-bond acceptors (Lipinski definition) is 5. The fourth-order valence-electron chi connectivity index (χ4n) is 4.34. The summed E-state index contributed by atoms with van der Waals surface area (Å²) < 4.78 is 15.8. The van der Waals surface area contributed by atoms with E-state index in [4.69, 9.17) is 23.2 Å². The number of benzene rings is 2. The van der Waals surface area contributed by atoms with Crippen LogP contribution >= 0.6 is 23.2 Å². The van der Waals surface area contributed by atoms with Crippen molar-refractivity contribution in [3.05, 3.63) is 58.7 Å². The van der Waals surface area contributed by atoms with Crippen LogP contribution in [0, 0.1) is 5.82 Å². The molecule has 1 aliphatic rings. The molecule has 0 radical (unpaired) electrons. The molecule has 1 aliphatic heterocycles. The summed E-state index contributed by atoms with van der Waals surface area (Å²) in [6.45, 7) is 2.84. The smallest absolute Gasteiger partial charge is 0.225 e. The SMILES string of the molecule is CC1(O)CCCN(c2nc(Cl)nc3c(F)c(-c4cccc5cccc(Cl)c45)ncc23)C1. The van der Waals surface area contributed by atoms with Crippen molar-refractivity contribution in [2.24, 2.45) is 0 Å². The van der Waals surface area contributed by atoms with Gasteiger partial charge in [-0.2, -0.15) is 4.98 Å². The van der Waals surface area contributed by atoms with E-state index in [0.717, 1.165) is 17.2 Å². The second kappa shape index (κ2) is 7.55. The highest BCUT2D eigenvalue weighted by atomic mass is 35.5. The van der Waals surface area contributed by atoms with E-state index in [9.17, 15) is 5.11 Å². The van der Waals surface area contributed by atoms with E-state index >= 15 is 4.39 Å². The predicted octanol–water partition coefficient (Wildman–Crippen LogP) is 5.64. The number of fused-ring (bicyclic) bond motifs is 2. The Bertz CT molecular complexity index is 1320. The van der Waals surface area contributed by atoms with Crippen LogP contribution in [0.15, 0.2) is 42.6 Å². The summed E-state index contributed by atoms with van der Waals surface area (Å²) in [4.78, 5) is 14.9. The normalized spacial score (nSPS) is 19.3. The Morgan fingerprint density at radius 2 is 1.90 bits per heavy atom. The van der Waals surface area contributed by atoms with Crippen LogP contribution in [0.25, 0.3) is 32.9 Å². The first-order valence-electron chi connectivity index (χ1n) is 10.0. The van der Waals surface area contributed by atoms with E-state index in [1.807, 2.05) is 29.2 Å². The van der Waals surface area contributed by atoms with Crippen LogP contribution in [0.3, 0.4) is 0 Å². The Kier molecular flexibility index (Phi) is 4.96. The van der Waals surface area contributed by atoms with E-state index in [2.05, 4.69) is 15.0 Å². The number of aromatic nitrogens is 3. The number of pyridine rings is 1. The van der Waals surface area contributed by atoms with Crippen molar-refractivity contribution < 1.29 is 9.50 Å². The van der Waals surface area contributed by atoms with Crippen LogP contribution in [-0.2, 0) is 0 Å². The van der Waals surface area contributed by atoms with E-state index in [0.29, 0.717) is 41.3 Å². The molecule has 0 amide bonds. The lowest BCUT2D eigenvalue weighted by atomic mass is 9.95. The zero-order valence-corrected chi connectivity index (χ0v) is 18.3. The molecule has 2 aromatic heterocycles. The quantitative estimate of drug-likeness (QED) is 0.395. The molecule has 0 spiro atoms. The molecule has 3 heterocycles. The fraction of sp³-hybridized carbons (Fsp3) is 0.261. The minimum absolute atomic E-state index is 0.0558. The van der Waals surface area contributed by atoms with Crippen LogP contribution < -0.4 is 4.90 Å². The van der Waals surface area contributed by atoms with Crippen LogP contribution in [0.4, 0.5) is 10.2 Å². The predicted molar refractivity (Wildman–Crippen MR) is 122 cm³/mol. The third kappa shape index (κ3) is 3.59. The molecule has 1 unspecified atom stereocenters. The van der Waals surface area contributed by atoms with Gasteiger partial charge in [0.1, 0.15) is 17.0 Å². The van der Waals surface area contributed by atoms with Crippen molar-refractivity contribution in [2.75, 3.05) is 18.0 Å². The molecule has 1 atom stereocenters. The topological polar surface area (TPSA) is 62.1 Å². The monoisotopic (exact) mass is 456 g/mol. The minimum atomic E-state index is -0.854. The maximum absolute atomic E-state index is 15.8. The van der Waals surface area contributed by atoms with Gasteiger partial charge in [0.2, 0.25) is 5.28 Å². The molecular weight excluding hydrogens is 438 g/mol. The molecule has 2 aromatic carbocycles. The van der Waals surface area contributed by atoms with Gasteiger partial charge in [-0.25, -0.2) is 9.37 Å². The van der Waals surface area contributed by atoms with Crippen molar-refractivity contribution in [2.45, 2.75) is 25.4 Å². The average Bonchev–Trinajstić information content (AvgIpc) is 2.73. The number of β-amino-alcohol motifs (C(OH)–C–C–N with tert-alkyl or cyclic N) is 1. The van der Waals surface area contributed by atoms with E-state index in [1.165, 1.54) is 0 Å². The standard InChI is InChI=1S/C23H19Cl2FN4O/c1-23(31)9-4-10-30(12-23)21-15-11-27-19(18(26)20(15)28-22(25)29-21)14-7-2-5-13-6-3-8-16(24)17(13)14/h2-3,5-8,11,31H,4,9-10,12H2,1H3. The lowest BCUT2D eigenvalue weighted by molar-refractivity contribution is 0.0448. The summed E-state index contributed by atoms with van der Waals surface area (Å²) in [6, 6.07) is 11.1. The maximum atomic E-state index is 15.8. The lowest BCUT2D eigenvalue weighted by Crippen LogP contribution is -2.46. The van der Waals surface area contributed by atoms with E-state index < -0.39 is 11.4 Å². The number of hydrogen-bond donors (Lipinski definition) is 1. The van der Waals surface area contributed by atoms with Gasteiger partial charge in [0.25, 0.3) is 0 Å². The van der Waals surface area contributed by atoms with Gasteiger partial charge in [0, 0.05) is 35.3 Å². The van der Waals surface area contributed by atoms with E-state index in [-0.39, 0.29) is 16.5 Å². The van der Waals surface area contributed by atoms with Crippen LogP contribution in [0.2, 0.25) is 10.3 Å². The van der Waals surface area contributed by atoms with Crippen LogP contribution in [0.1, 0.15) is 19.8 Å². The molecule has 4 aromatic rings. The minimum Gasteiger partial charge on any atom is -0.388 e. The number of rotatable bonds is 2. The molecule has 0 bridgehead atoms. The van der Waals surface area contributed by atoms with Gasteiger partial charge >= 0.3 is 0 Å². The second-order valence-electron chi connectivity index (χ2n) is 8.16. The number of halogens is 3. The third-order valence-electron chi connectivity index (χ3n) is 5.72. The zero-order valence-electron chi connectivity index (χ0n) is 16.7. The van der Waals surface area contributed by atoms with Crippen molar-refractivity contribution in [1.82, 2.24) is 15.0 Å². The Morgan fingerprint density at radius 1 is 1.13 bits per heavy atom. The summed E-state index contributed by atoms with van der Waals surface area (Å²) in [5, 5.41) is 13.0. The summed E-state index contributed by atoms with van der Waals surface area (Å²) >= 11 is 12.6. The van der Waals surface area contributed by atoms with E-state index in [1.54, 1.807) is 25.3 Å². The fourth-order valence-corrected chi connectivity index (χ4v) is 4.79. The molecule has 31 heavy (non-hydrogen) atoms. The molecule has 0 saturated carbocycles.